The molecule has 18 heteroatoms. The van der Waals surface area contributed by atoms with Crippen LogP contribution >= 0.6 is 0 Å². The van der Waals surface area contributed by atoms with Crippen LogP contribution in [-0.4, -0.2) is 151 Å². The van der Waals surface area contributed by atoms with Gasteiger partial charge in [-0.1, -0.05) is 18.6 Å². The molecule has 57 heavy (non-hydrogen) atoms. The average Bonchev–Trinajstić information content (AvgIpc) is 3.19. The molecule has 0 amide bonds. The van der Waals surface area contributed by atoms with Crippen LogP contribution in [0, 0.1) is 5.92 Å². The quantitative estimate of drug-likeness (QED) is 0.106. The summed E-state index contributed by atoms with van der Waals surface area (Å²) in [5.41, 5.74) is 0.288. The number of aliphatic hydroxyl groups is 9. The van der Waals surface area contributed by atoms with Crippen molar-refractivity contribution in [2.75, 3.05) is 20.3 Å². The van der Waals surface area contributed by atoms with E-state index in [1.165, 1.54) is 7.11 Å². The minimum Gasteiger partial charge on any atom is -0.507 e. The van der Waals surface area contributed by atoms with Gasteiger partial charge in [0.25, 0.3) is 0 Å². The molecule has 3 heterocycles. The highest BCUT2D eigenvalue weighted by molar-refractivity contribution is 5.91. The van der Waals surface area contributed by atoms with Crippen LogP contribution in [0.1, 0.15) is 32.8 Å². The number of benzene rings is 2. The molecule has 3 aromatic rings. The fourth-order valence-corrected chi connectivity index (χ4v) is 7.17. The van der Waals surface area contributed by atoms with Gasteiger partial charge in [-0.15, -0.1) is 0 Å². The lowest BCUT2D eigenvalue weighted by atomic mass is 9.81. The minimum atomic E-state index is -1.80. The summed E-state index contributed by atoms with van der Waals surface area (Å²) >= 11 is 0. The van der Waals surface area contributed by atoms with Crippen molar-refractivity contribution in [3.8, 4) is 34.3 Å². The number of aliphatic hydroxyl groups excluding tert-OH is 9. The van der Waals surface area contributed by atoms with Gasteiger partial charge in [-0.25, -0.2) is 0 Å². The van der Waals surface area contributed by atoms with Crippen LogP contribution in [0.5, 0.6) is 23.0 Å². The first-order valence-corrected chi connectivity index (χ1v) is 18.5. The number of aromatic hydroxyl groups is 1. The third-order valence-corrected chi connectivity index (χ3v) is 10.6. The van der Waals surface area contributed by atoms with Crippen LogP contribution in [-0.2, 0) is 20.6 Å². The molecule has 1 aliphatic carbocycles. The lowest BCUT2D eigenvalue weighted by molar-refractivity contribution is -0.307. The van der Waals surface area contributed by atoms with E-state index in [9.17, 15) is 55.9 Å². The van der Waals surface area contributed by atoms with Crippen LogP contribution < -0.4 is 19.6 Å². The third kappa shape index (κ3) is 8.49. The minimum absolute atomic E-state index is 0.0138. The van der Waals surface area contributed by atoms with E-state index in [4.69, 9.17) is 32.8 Å². The van der Waals surface area contributed by atoms with E-state index in [1.54, 1.807) is 37.3 Å². The summed E-state index contributed by atoms with van der Waals surface area (Å²) in [5, 5.41) is 105. The van der Waals surface area contributed by atoms with Crippen LogP contribution in [0.15, 0.2) is 51.2 Å². The van der Waals surface area contributed by atoms with Gasteiger partial charge in [-0.3, -0.25) is 4.79 Å². The molecule has 1 aromatic heterocycles. The van der Waals surface area contributed by atoms with Crippen LogP contribution in [0.4, 0.5) is 0 Å². The summed E-state index contributed by atoms with van der Waals surface area (Å²) in [7, 11) is 1.46. The fraction of sp³-hybridized carbons (Fsp3) is 0.564. The summed E-state index contributed by atoms with van der Waals surface area (Å²) in [6.45, 7) is 4.14. The zero-order chi connectivity index (χ0) is 41.5. The first kappa shape index (κ1) is 42.7. The van der Waals surface area contributed by atoms with Gasteiger partial charge in [0.1, 0.15) is 89.3 Å². The van der Waals surface area contributed by atoms with Gasteiger partial charge in [0.2, 0.25) is 17.5 Å². The number of rotatable bonds is 11. The Morgan fingerprint density at radius 3 is 2.21 bits per heavy atom. The van der Waals surface area contributed by atoms with Crippen molar-refractivity contribution in [2.45, 2.75) is 113 Å². The average molecular weight is 807 g/mol. The van der Waals surface area contributed by atoms with Crippen molar-refractivity contribution >= 4 is 11.0 Å². The van der Waals surface area contributed by atoms with Gasteiger partial charge in [0, 0.05) is 17.2 Å². The summed E-state index contributed by atoms with van der Waals surface area (Å²) < 4.78 is 41.1. The van der Waals surface area contributed by atoms with E-state index >= 15 is 0 Å². The standard InChI is InChI=1S/C39H50O18/c1-15(2)5-10-19-22(54-39-33(50)30(47)28(45)24(13-40)55-39)12-20(41)25-29(46)37(34(56-35(19)25)17-6-8-18(51-4)9-7-17)53-23-11-16(3)26(43)31(48)36(23)57-38-32(49)27(44)21(42)14-52-38/h5-9,12,16,21,23-24,26-28,30-33,36,38-45,47-50H,10-11,13-14H2,1-4H3/t16-,21-,23+,24+,26+,27+,28+,30-,31-,32-,33+,36+,38-,39+/m0/s1. The lowest BCUT2D eigenvalue weighted by Gasteiger charge is -2.44. The van der Waals surface area contributed by atoms with E-state index in [-0.39, 0.29) is 40.9 Å². The summed E-state index contributed by atoms with van der Waals surface area (Å²) in [5.74, 6) is -1.53. The van der Waals surface area contributed by atoms with Crippen LogP contribution in [0.25, 0.3) is 22.3 Å². The van der Waals surface area contributed by atoms with E-state index in [1.807, 2.05) is 13.8 Å². The van der Waals surface area contributed by atoms with Gasteiger partial charge >= 0.3 is 0 Å². The molecule has 18 nitrogen and oxygen atoms in total. The van der Waals surface area contributed by atoms with Crippen molar-refractivity contribution in [1.82, 2.24) is 0 Å². The number of hydrogen-bond donors (Lipinski definition) is 10. The van der Waals surface area contributed by atoms with Crippen molar-refractivity contribution in [2.24, 2.45) is 5.92 Å². The monoisotopic (exact) mass is 806 g/mol. The molecule has 10 N–H and O–H groups in total. The van der Waals surface area contributed by atoms with E-state index in [0.717, 1.165) is 11.6 Å². The largest absolute Gasteiger partial charge is 0.507 e. The van der Waals surface area contributed by atoms with Crippen molar-refractivity contribution in [1.29, 1.82) is 0 Å². The van der Waals surface area contributed by atoms with Gasteiger partial charge in [-0.2, -0.15) is 0 Å². The Hall–Kier alpha value is -3.89. The Balaban J connectivity index is 1.50. The Kier molecular flexibility index (Phi) is 13.1. The van der Waals surface area contributed by atoms with Crippen molar-refractivity contribution in [3.05, 3.63) is 57.8 Å². The molecule has 0 spiro atoms. The highest BCUT2D eigenvalue weighted by Crippen LogP contribution is 2.42. The molecule has 0 unspecified atom stereocenters. The maximum Gasteiger partial charge on any atom is 0.239 e. The maximum absolute atomic E-state index is 14.7. The second-order valence-electron chi connectivity index (χ2n) is 14.9. The summed E-state index contributed by atoms with van der Waals surface area (Å²) in [6, 6.07) is 7.44. The molecule has 14 atom stereocenters. The number of fused-ring (bicyclic) bond motifs is 1. The molecular formula is C39H50O18. The van der Waals surface area contributed by atoms with Gasteiger partial charge in [0.15, 0.2) is 12.1 Å². The van der Waals surface area contributed by atoms with Crippen LogP contribution in [0.3, 0.4) is 0 Å². The molecular weight excluding hydrogens is 756 g/mol. The van der Waals surface area contributed by atoms with E-state index < -0.39 is 116 Å². The topological polar surface area (TPSA) is 288 Å². The predicted octanol–water partition coefficient (Wildman–Crippen LogP) is -0.805. The number of methoxy groups -OCH3 is 1. The molecule has 0 radical (unpaired) electrons. The normalized spacial score (nSPS) is 34.5. The number of hydrogen-bond acceptors (Lipinski definition) is 18. The molecule has 0 bridgehead atoms. The smallest absolute Gasteiger partial charge is 0.239 e. The van der Waals surface area contributed by atoms with Crippen molar-refractivity contribution < 1.29 is 83.9 Å². The highest BCUT2D eigenvalue weighted by Gasteiger charge is 2.49. The zero-order valence-corrected chi connectivity index (χ0v) is 31.6. The Bertz CT molecular complexity index is 1940. The number of phenols is 1. The van der Waals surface area contributed by atoms with Gasteiger partial charge in [-0.05, 0) is 56.9 Å². The molecule has 1 saturated carbocycles. The Labute approximate surface area is 326 Å². The fourth-order valence-electron chi connectivity index (χ4n) is 7.17. The van der Waals surface area contributed by atoms with E-state index in [2.05, 4.69) is 0 Å². The van der Waals surface area contributed by atoms with Gasteiger partial charge < -0.3 is 83.9 Å². The molecule has 3 fully saturated rings. The number of phenolic OH excluding ortho intramolecular Hbond substituents is 1. The summed E-state index contributed by atoms with van der Waals surface area (Å²) in [4.78, 5) is 14.7. The highest BCUT2D eigenvalue weighted by atomic mass is 16.7. The zero-order valence-electron chi connectivity index (χ0n) is 31.6. The maximum atomic E-state index is 14.7. The second-order valence-corrected chi connectivity index (χ2v) is 14.9. The number of ether oxygens (including phenoxy) is 6. The van der Waals surface area contributed by atoms with Crippen LogP contribution in [0.2, 0.25) is 0 Å². The Morgan fingerprint density at radius 2 is 1.56 bits per heavy atom. The molecule has 314 valence electrons. The Morgan fingerprint density at radius 1 is 0.877 bits per heavy atom. The van der Waals surface area contributed by atoms with Gasteiger partial charge in [0.05, 0.1) is 26.4 Å². The summed E-state index contributed by atoms with van der Waals surface area (Å²) in [6.07, 6.45) is -18.5. The molecule has 6 rings (SSSR count). The second kappa shape index (κ2) is 17.5. The molecule has 2 aliphatic heterocycles. The predicted molar refractivity (Wildman–Crippen MR) is 197 cm³/mol. The van der Waals surface area contributed by atoms with E-state index in [0.29, 0.717) is 11.3 Å². The number of allylic oxidation sites excluding steroid dienone is 2. The van der Waals surface area contributed by atoms with Crippen molar-refractivity contribution in [3.63, 3.8) is 0 Å². The SMILES string of the molecule is COc1ccc(-c2oc3c(CC=C(C)C)c(O[C@@H]4O[C@H](CO)[C@@H](O)[C@H](O)[C@H]4O)cc(O)c3c(=O)c2O[C@@H]2C[C@H](C)[C@@H](O)[C@H](O)[C@@H]2O[C@@H]2OC[C@H](O)[C@@H](O)[C@@H]2O)cc1. The third-order valence-electron chi connectivity index (χ3n) is 10.6. The lowest BCUT2D eigenvalue weighted by Crippen LogP contribution is -2.61. The molecule has 3 aliphatic rings. The molecule has 2 saturated heterocycles. The first-order valence-electron chi connectivity index (χ1n) is 18.5. The molecule has 2 aromatic carbocycles. The first-order chi connectivity index (χ1) is 27.1.